The third-order valence-electron chi connectivity index (χ3n) is 3.72. The van der Waals surface area contributed by atoms with Gasteiger partial charge in [-0.15, -0.1) is 0 Å². The zero-order valence-corrected chi connectivity index (χ0v) is 12.3. The molecular formula is C16H15F3N2O2. The molecule has 0 aromatic heterocycles. The number of ether oxygens (including phenoxy) is 1. The second-order valence-electron chi connectivity index (χ2n) is 5.30. The molecule has 122 valence electrons. The van der Waals surface area contributed by atoms with Gasteiger partial charge in [0.1, 0.15) is 0 Å². The molecule has 1 heterocycles. The number of amides is 1. The Bertz CT molecular complexity index is 634. The van der Waals surface area contributed by atoms with Gasteiger partial charge in [-0.25, -0.2) is 0 Å². The summed E-state index contributed by atoms with van der Waals surface area (Å²) in [5, 5.41) is 9.33. The number of rotatable bonds is 4. The molecule has 7 heteroatoms. The van der Waals surface area contributed by atoms with Gasteiger partial charge in [0.05, 0.1) is 24.8 Å². The number of hydrogen-bond acceptors (Lipinski definition) is 3. The molecule has 1 unspecified atom stereocenters. The van der Waals surface area contributed by atoms with Crippen molar-refractivity contribution < 1.29 is 22.7 Å². The monoisotopic (exact) mass is 324 g/mol. The Hall–Kier alpha value is -2.33. The lowest BCUT2D eigenvalue weighted by atomic mass is 10.1. The molecule has 1 amide bonds. The van der Waals surface area contributed by atoms with Crippen molar-refractivity contribution >= 4 is 5.91 Å². The Morgan fingerprint density at radius 1 is 1.43 bits per heavy atom. The van der Waals surface area contributed by atoms with E-state index in [0.717, 1.165) is 12.1 Å². The summed E-state index contributed by atoms with van der Waals surface area (Å²) in [4.78, 5) is 13.0. The molecule has 2 rings (SSSR count). The number of halogens is 3. The van der Waals surface area contributed by atoms with Gasteiger partial charge in [-0.2, -0.15) is 18.4 Å². The molecule has 0 spiro atoms. The van der Waals surface area contributed by atoms with E-state index < -0.39 is 17.3 Å². The van der Waals surface area contributed by atoms with Crippen LogP contribution in [0, 0.1) is 11.3 Å². The second-order valence-corrected chi connectivity index (χ2v) is 5.30. The molecule has 1 aromatic rings. The normalized spacial score (nSPS) is 21.0. The largest absolute Gasteiger partial charge is 0.416 e. The van der Waals surface area contributed by atoms with Gasteiger partial charge in [-0.1, -0.05) is 18.7 Å². The van der Waals surface area contributed by atoms with Crippen LogP contribution in [0.25, 0.3) is 0 Å². The zero-order valence-electron chi connectivity index (χ0n) is 12.3. The van der Waals surface area contributed by atoms with Gasteiger partial charge >= 0.3 is 6.18 Å². The van der Waals surface area contributed by atoms with Crippen molar-refractivity contribution in [2.75, 3.05) is 13.1 Å². The van der Waals surface area contributed by atoms with E-state index in [1.54, 1.807) is 0 Å². The van der Waals surface area contributed by atoms with Gasteiger partial charge in [0.2, 0.25) is 5.91 Å². The van der Waals surface area contributed by atoms with Crippen LogP contribution < -0.4 is 0 Å². The highest BCUT2D eigenvalue weighted by Gasteiger charge is 2.41. The summed E-state index contributed by atoms with van der Waals surface area (Å²) in [6, 6.07) is 6.64. The number of carbonyl (C=O) groups excluding carboxylic acids is 1. The molecule has 4 nitrogen and oxygen atoms in total. The molecule has 1 aliphatic heterocycles. The van der Waals surface area contributed by atoms with Crippen LogP contribution in [0.1, 0.15) is 17.5 Å². The SMILES string of the molecule is C=CC(=O)N1CCC(C#N)(OCc2ccc(C(F)(F)F)cc2)C1. The summed E-state index contributed by atoms with van der Waals surface area (Å²) in [6.45, 7) is 3.90. The van der Waals surface area contributed by atoms with E-state index in [0.29, 0.717) is 18.5 Å². The van der Waals surface area contributed by atoms with Gasteiger partial charge in [-0.05, 0) is 23.8 Å². The van der Waals surface area contributed by atoms with Gasteiger partial charge in [-0.3, -0.25) is 4.79 Å². The summed E-state index contributed by atoms with van der Waals surface area (Å²) < 4.78 is 43.1. The molecule has 0 aliphatic carbocycles. The first-order valence-electron chi connectivity index (χ1n) is 6.92. The standard InChI is InChI=1S/C16H15F3N2O2/c1-2-14(22)21-8-7-15(10-20,11-21)23-9-12-3-5-13(6-4-12)16(17,18)19/h2-6H,1,7-9,11H2. The molecule has 0 N–H and O–H groups in total. The van der Waals surface area contributed by atoms with Crippen LogP contribution in [0.3, 0.4) is 0 Å². The maximum absolute atomic E-state index is 12.5. The van der Waals surface area contributed by atoms with E-state index in [1.165, 1.54) is 23.1 Å². The lowest BCUT2D eigenvalue weighted by Crippen LogP contribution is -2.36. The summed E-state index contributed by atoms with van der Waals surface area (Å²) in [5.74, 6) is -0.278. The van der Waals surface area contributed by atoms with E-state index >= 15 is 0 Å². The number of likely N-dealkylation sites (tertiary alicyclic amines) is 1. The summed E-state index contributed by atoms with van der Waals surface area (Å²) in [7, 11) is 0. The maximum atomic E-state index is 12.5. The highest BCUT2D eigenvalue weighted by atomic mass is 19.4. The van der Waals surface area contributed by atoms with Crippen LogP contribution in [0.2, 0.25) is 0 Å². The summed E-state index contributed by atoms with van der Waals surface area (Å²) >= 11 is 0. The Kier molecular flexibility index (Phi) is 4.76. The van der Waals surface area contributed by atoms with Gasteiger partial charge in [0.15, 0.2) is 5.60 Å². The molecule has 0 saturated carbocycles. The predicted octanol–water partition coefficient (Wildman–Crippen LogP) is 2.90. The average molecular weight is 324 g/mol. The topological polar surface area (TPSA) is 53.3 Å². The van der Waals surface area contributed by atoms with Crippen LogP contribution in [0.15, 0.2) is 36.9 Å². The number of alkyl halides is 3. The smallest absolute Gasteiger partial charge is 0.353 e. The van der Waals surface area contributed by atoms with Crippen molar-refractivity contribution in [1.82, 2.24) is 4.90 Å². The summed E-state index contributed by atoms with van der Waals surface area (Å²) in [6.07, 6.45) is -2.86. The number of benzene rings is 1. The number of carbonyl (C=O) groups is 1. The minimum absolute atomic E-state index is 0.00180. The second kappa shape index (κ2) is 6.42. The maximum Gasteiger partial charge on any atom is 0.416 e. The van der Waals surface area contributed by atoms with E-state index in [2.05, 4.69) is 12.6 Å². The first-order chi connectivity index (χ1) is 10.8. The zero-order chi connectivity index (χ0) is 17.1. The lowest BCUT2D eigenvalue weighted by molar-refractivity contribution is -0.137. The van der Waals surface area contributed by atoms with Crippen molar-refractivity contribution in [3.05, 3.63) is 48.0 Å². The van der Waals surface area contributed by atoms with Gasteiger partial charge < -0.3 is 9.64 Å². The van der Waals surface area contributed by atoms with E-state index in [1.807, 2.05) is 0 Å². The third-order valence-corrected chi connectivity index (χ3v) is 3.72. The molecule has 1 atom stereocenters. The molecule has 1 aromatic carbocycles. The fraction of sp³-hybridized carbons (Fsp3) is 0.375. The highest BCUT2D eigenvalue weighted by Crippen LogP contribution is 2.30. The quantitative estimate of drug-likeness (QED) is 0.800. The fourth-order valence-electron chi connectivity index (χ4n) is 2.35. The minimum Gasteiger partial charge on any atom is -0.353 e. The molecule has 1 fully saturated rings. The van der Waals surface area contributed by atoms with E-state index in [9.17, 15) is 23.2 Å². The third kappa shape index (κ3) is 3.90. The van der Waals surface area contributed by atoms with Crippen molar-refractivity contribution in [3.63, 3.8) is 0 Å². The Morgan fingerprint density at radius 2 is 2.09 bits per heavy atom. The lowest BCUT2D eigenvalue weighted by Gasteiger charge is -2.22. The Balaban J connectivity index is 2.00. The average Bonchev–Trinajstić information content (AvgIpc) is 2.97. The van der Waals surface area contributed by atoms with Crippen LogP contribution in [-0.4, -0.2) is 29.5 Å². The number of hydrogen-bond donors (Lipinski definition) is 0. The molecule has 1 aliphatic rings. The molecule has 0 radical (unpaired) electrons. The van der Waals surface area contributed by atoms with Crippen molar-refractivity contribution in [3.8, 4) is 6.07 Å². The van der Waals surface area contributed by atoms with Crippen molar-refractivity contribution in [2.45, 2.75) is 24.8 Å². The first-order valence-corrected chi connectivity index (χ1v) is 6.92. The van der Waals surface area contributed by atoms with E-state index in [-0.39, 0.29) is 19.1 Å². The molecule has 0 bridgehead atoms. The van der Waals surface area contributed by atoms with Crippen LogP contribution in [0.5, 0.6) is 0 Å². The molecular weight excluding hydrogens is 309 g/mol. The Morgan fingerprint density at radius 3 is 2.61 bits per heavy atom. The van der Waals surface area contributed by atoms with E-state index in [4.69, 9.17) is 4.74 Å². The van der Waals surface area contributed by atoms with Crippen LogP contribution in [-0.2, 0) is 22.3 Å². The fourth-order valence-corrected chi connectivity index (χ4v) is 2.35. The molecule has 23 heavy (non-hydrogen) atoms. The van der Waals surface area contributed by atoms with Crippen LogP contribution >= 0.6 is 0 Å². The van der Waals surface area contributed by atoms with Gasteiger partial charge in [0, 0.05) is 13.0 Å². The van der Waals surface area contributed by atoms with Crippen molar-refractivity contribution in [1.29, 1.82) is 5.26 Å². The predicted molar refractivity (Wildman–Crippen MR) is 76.0 cm³/mol. The minimum atomic E-state index is -4.38. The number of nitriles is 1. The number of nitrogens with zero attached hydrogens (tertiary/aromatic N) is 2. The summed E-state index contributed by atoms with van der Waals surface area (Å²) in [5.41, 5.74) is -1.34. The van der Waals surface area contributed by atoms with Gasteiger partial charge in [0.25, 0.3) is 0 Å². The highest BCUT2D eigenvalue weighted by molar-refractivity contribution is 5.87. The molecule has 1 saturated heterocycles. The Labute approximate surface area is 131 Å². The van der Waals surface area contributed by atoms with Crippen molar-refractivity contribution in [2.24, 2.45) is 0 Å². The van der Waals surface area contributed by atoms with Crippen LogP contribution in [0.4, 0.5) is 13.2 Å². The first kappa shape index (κ1) is 17.0.